The number of benzene rings is 2. The van der Waals surface area contributed by atoms with Crippen molar-refractivity contribution in [3.05, 3.63) is 86.3 Å². The number of hydrogen-bond acceptors (Lipinski definition) is 9. The van der Waals surface area contributed by atoms with E-state index in [0.29, 0.717) is 58.9 Å². The van der Waals surface area contributed by atoms with Crippen LogP contribution in [0.4, 0.5) is 4.39 Å². The number of rotatable bonds is 11. The lowest BCUT2D eigenvalue weighted by Crippen LogP contribution is -2.44. The normalized spacial score (nSPS) is 19.9. The highest BCUT2D eigenvalue weighted by molar-refractivity contribution is 9.10. The molecule has 264 valence electrons. The molecule has 0 unspecified atom stereocenters. The molecule has 2 aliphatic rings. The molecule has 6 rings (SSSR count). The molecule has 1 fully saturated rings. The molecule has 0 amide bonds. The Kier molecular flexibility index (Phi) is 11.3. The minimum Gasteiger partial charge on any atom is -0.481 e. The predicted octanol–water partition coefficient (Wildman–Crippen LogP) is 7.59. The summed E-state index contributed by atoms with van der Waals surface area (Å²) in [5, 5.41) is 13.8. The maximum atomic E-state index is 14.2. The van der Waals surface area contributed by atoms with E-state index in [9.17, 15) is 9.50 Å². The Hall–Kier alpha value is -3.77. The molecular formula is C38H42BrClFN5O4. The molecule has 2 aliphatic heterocycles. The summed E-state index contributed by atoms with van der Waals surface area (Å²) < 4.78 is 32.6. The number of pyridine rings is 2. The van der Waals surface area contributed by atoms with Gasteiger partial charge in [-0.3, -0.25) is 9.89 Å². The van der Waals surface area contributed by atoms with Crippen molar-refractivity contribution < 1.29 is 23.7 Å². The zero-order chi connectivity index (χ0) is 35.5. The number of alkyl halides is 1. The Bertz CT molecular complexity index is 1890. The van der Waals surface area contributed by atoms with Gasteiger partial charge in [0.15, 0.2) is 0 Å². The number of aliphatic imine (C=N–C) groups is 1. The van der Waals surface area contributed by atoms with E-state index in [-0.39, 0.29) is 18.7 Å². The summed E-state index contributed by atoms with van der Waals surface area (Å²) in [6.07, 6.45) is -1.43. The van der Waals surface area contributed by atoms with Crippen LogP contribution in [0.15, 0.2) is 64.1 Å². The molecule has 50 heavy (non-hydrogen) atoms. The minimum atomic E-state index is -1.28. The molecule has 4 atom stereocenters. The maximum absolute atomic E-state index is 14.2. The van der Waals surface area contributed by atoms with Crippen molar-refractivity contribution in [2.75, 3.05) is 33.9 Å². The smallest absolute Gasteiger partial charge is 0.231 e. The zero-order valence-electron chi connectivity index (χ0n) is 28.8. The van der Waals surface area contributed by atoms with Gasteiger partial charge in [-0.05, 0) is 77.5 Å². The van der Waals surface area contributed by atoms with E-state index < -0.39 is 12.3 Å². The predicted molar refractivity (Wildman–Crippen MR) is 198 cm³/mol. The van der Waals surface area contributed by atoms with Gasteiger partial charge in [0.2, 0.25) is 17.6 Å². The number of aliphatic hydroxyl groups excluding tert-OH is 1. The van der Waals surface area contributed by atoms with Crippen molar-refractivity contribution in [2.24, 2.45) is 4.99 Å². The summed E-state index contributed by atoms with van der Waals surface area (Å²) in [7, 11) is 3.17. The molecule has 2 N–H and O–H groups in total. The summed E-state index contributed by atoms with van der Waals surface area (Å²) in [5.74, 6) is 2.06. The van der Waals surface area contributed by atoms with Crippen LogP contribution in [0.2, 0.25) is 5.02 Å². The number of aromatic nitrogens is 2. The summed E-state index contributed by atoms with van der Waals surface area (Å²) in [4.78, 5) is 16.1. The Morgan fingerprint density at radius 2 is 1.76 bits per heavy atom. The van der Waals surface area contributed by atoms with Gasteiger partial charge < -0.3 is 24.6 Å². The van der Waals surface area contributed by atoms with Gasteiger partial charge in [0, 0.05) is 42.4 Å². The van der Waals surface area contributed by atoms with Gasteiger partial charge in [0.1, 0.15) is 18.1 Å². The van der Waals surface area contributed by atoms with Crippen LogP contribution in [0.25, 0.3) is 22.4 Å². The van der Waals surface area contributed by atoms with E-state index in [2.05, 4.69) is 57.2 Å². The third-order valence-electron chi connectivity index (χ3n) is 9.23. The van der Waals surface area contributed by atoms with E-state index >= 15 is 0 Å². The topological polar surface area (TPSA) is 101 Å². The Morgan fingerprint density at radius 1 is 1.02 bits per heavy atom. The van der Waals surface area contributed by atoms with Crippen molar-refractivity contribution in [3.8, 4) is 40.0 Å². The van der Waals surface area contributed by atoms with E-state index in [1.54, 1.807) is 14.2 Å². The first-order chi connectivity index (χ1) is 24.1. The average Bonchev–Trinajstić information content (AvgIpc) is 3.56. The lowest BCUT2D eigenvalue weighted by molar-refractivity contribution is 0.00368. The third-order valence-corrected chi connectivity index (χ3v) is 10.2. The van der Waals surface area contributed by atoms with Crippen LogP contribution in [-0.2, 0) is 13.0 Å². The number of ether oxygens (including phenoxy) is 3. The van der Waals surface area contributed by atoms with Crippen molar-refractivity contribution in [3.63, 3.8) is 0 Å². The number of nitrogens with zero attached hydrogens (tertiary/aromatic N) is 4. The molecule has 0 radical (unpaired) electrons. The van der Waals surface area contributed by atoms with Gasteiger partial charge in [-0.2, -0.15) is 4.98 Å². The first-order valence-corrected chi connectivity index (χ1v) is 18.0. The second kappa shape index (κ2) is 15.6. The molecule has 0 aliphatic carbocycles. The first-order valence-electron chi connectivity index (χ1n) is 16.8. The third kappa shape index (κ3) is 7.46. The van der Waals surface area contributed by atoms with Crippen LogP contribution >= 0.6 is 27.5 Å². The molecule has 0 spiro atoms. The first kappa shape index (κ1) is 36.0. The van der Waals surface area contributed by atoms with Crippen LogP contribution in [0, 0.1) is 0 Å². The van der Waals surface area contributed by atoms with E-state index in [0.717, 1.165) is 51.2 Å². The number of hydrogen-bond donors (Lipinski definition) is 2. The van der Waals surface area contributed by atoms with E-state index in [4.69, 9.17) is 30.8 Å². The van der Waals surface area contributed by atoms with Crippen LogP contribution in [0.5, 0.6) is 17.6 Å². The lowest BCUT2D eigenvalue weighted by Gasteiger charge is -2.32. The van der Waals surface area contributed by atoms with Crippen LogP contribution in [-0.4, -0.2) is 78.0 Å². The quantitative estimate of drug-likeness (QED) is 0.161. The molecular weight excluding hydrogens is 725 g/mol. The van der Waals surface area contributed by atoms with Crippen molar-refractivity contribution in [1.29, 1.82) is 0 Å². The number of likely N-dealkylation sites (tertiary alicyclic amines) is 1. The molecule has 0 saturated carbocycles. The fraction of sp³-hybridized carbons (Fsp3) is 0.395. The second-order valence-electron chi connectivity index (χ2n) is 12.7. The highest BCUT2D eigenvalue weighted by Gasteiger charge is 2.29. The number of nitrogens with one attached hydrogen (secondary N) is 1. The molecule has 0 bridgehead atoms. The number of halogens is 3. The van der Waals surface area contributed by atoms with Crippen LogP contribution < -0.4 is 19.5 Å². The maximum Gasteiger partial charge on any atom is 0.231 e. The van der Waals surface area contributed by atoms with Crippen LogP contribution in [0.3, 0.4) is 0 Å². The van der Waals surface area contributed by atoms with E-state index in [1.165, 1.54) is 0 Å². The van der Waals surface area contributed by atoms with Crippen molar-refractivity contribution >= 4 is 33.4 Å². The number of amidine groups is 1. The molecule has 9 nitrogen and oxygen atoms in total. The minimum absolute atomic E-state index is 0.157. The van der Waals surface area contributed by atoms with Gasteiger partial charge in [0.05, 0.1) is 47.6 Å². The van der Waals surface area contributed by atoms with Gasteiger partial charge in [0.25, 0.3) is 0 Å². The second-order valence-corrected chi connectivity index (χ2v) is 13.9. The number of aliphatic hydroxyl groups is 1. The summed E-state index contributed by atoms with van der Waals surface area (Å²) in [6.45, 7) is 8.09. The molecule has 4 aromatic rings. The van der Waals surface area contributed by atoms with Crippen molar-refractivity contribution in [2.45, 2.75) is 64.6 Å². The Labute approximate surface area is 306 Å². The van der Waals surface area contributed by atoms with Gasteiger partial charge in [-0.25, -0.2) is 9.37 Å². The van der Waals surface area contributed by atoms with Gasteiger partial charge in [-0.15, -0.1) is 0 Å². The van der Waals surface area contributed by atoms with Gasteiger partial charge in [-0.1, -0.05) is 54.9 Å². The molecule has 12 heteroatoms. The molecule has 1 saturated heterocycles. The molecule has 2 aromatic carbocycles. The fourth-order valence-corrected chi connectivity index (χ4v) is 7.43. The largest absolute Gasteiger partial charge is 0.481 e. The van der Waals surface area contributed by atoms with Crippen LogP contribution in [0.1, 0.15) is 55.5 Å². The summed E-state index contributed by atoms with van der Waals surface area (Å²) >= 11 is 10.8. The average molecular weight is 767 g/mol. The van der Waals surface area contributed by atoms with E-state index in [1.807, 2.05) is 54.3 Å². The highest BCUT2D eigenvalue weighted by Crippen LogP contribution is 2.41. The standard InChI is InChI=1S/C38H42BrClFN5O4/c1-6-24-25(22(3)50-38-30(39)17-23(36(45-38)48-4)19-46-16-15-33(47)31(41)20-46)9-7-10-26(24)27-11-8-12-28(34(27)40)32-14-13-29(37(44-32)49-5)35-42-18-21(2)43-35/h7-14,17,21-22,31,33,47H,6,15-16,18-20H2,1-5H3,(H,42,43)/t21-,22-,31+,33-/m0/s1. The zero-order valence-corrected chi connectivity index (χ0v) is 31.2. The Balaban J connectivity index is 1.27. The Morgan fingerprint density at radius 3 is 2.46 bits per heavy atom. The monoisotopic (exact) mass is 765 g/mol. The number of piperidine rings is 1. The van der Waals surface area contributed by atoms with Gasteiger partial charge >= 0.3 is 0 Å². The lowest BCUT2D eigenvalue weighted by atomic mass is 9.90. The number of methoxy groups -OCH3 is 2. The fourth-order valence-electron chi connectivity index (χ4n) is 6.65. The molecule has 4 heterocycles. The highest BCUT2D eigenvalue weighted by atomic mass is 79.9. The summed E-state index contributed by atoms with van der Waals surface area (Å²) in [5.41, 5.74) is 7.12. The molecule has 2 aromatic heterocycles. The summed E-state index contributed by atoms with van der Waals surface area (Å²) in [6, 6.07) is 18.2. The van der Waals surface area contributed by atoms with Crippen molar-refractivity contribution in [1.82, 2.24) is 20.2 Å². The SMILES string of the molecule is CCc1c(-c2cccc(-c3ccc(C4=NC[C@H](C)N4)c(OC)n3)c2Cl)cccc1[C@H](C)Oc1nc(OC)c(CN2CC[C@H](O)[C@H](F)C2)cc1Br.